The molecular weight excluding hydrogens is 411 g/mol. The summed E-state index contributed by atoms with van der Waals surface area (Å²) in [7, 11) is 0. The van der Waals surface area contributed by atoms with E-state index in [-0.39, 0.29) is 59.9 Å². The Morgan fingerprint density at radius 2 is 2.07 bits per heavy atom. The van der Waals surface area contributed by atoms with Crippen LogP contribution in [0, 0.1) is 11.6 Å². The van der Waals surface area contributed by atoms with Gasteiger partial charge in [0.25, 0.3) is 11.8 Å². The van der Waals surface area contributed by atoms with E-state index in [1.54, 1.807) is 6.92 Å². The van der Waals surface area contributed by atoms with Crippen molar-refractivity contribution in [1.82, 2.24) is 14.8 Å². The Hall–Kier alpha value is -2.27. The first-order valence-corrected chi connectivity index (χ1v) is 8.88. The fourth-order valence-corrected chi connectivity index (χ4v) is 3.56. The Balaban J connectivity index is 0.00000256. The predicted molar refractivity (Wildman–Crippen MR) is 93.0 cm³/mol. The first kappa shape index (κ1) is 22.4. The number of aromatic nitrogens is 1. The molecule has 1 aromatic carbocycles. The van der Waals surface area contributed by atoms with Gasteiger partial charge in [-0.05, 0) is 18.7 Å². The third-order valence-electron chi connectivity index (χ3n) is 5.04. The maximum Gasteiger partial charge on any atom is 1.00 e. The molecule has 2 aromatic rings. The van der Waals surface area contributed by atoms with Crippen LogP contribution in [0.5, 0.6) is 5.75 Å². The molecule has 0 spiro atoms. The van der Waals surface area contributed by atoms with Crippen molar-refractivity contribution in [3.05, 3.63) is 63.1 Å². The van der Waals surface area contributed by atoms with Crippen molar-refractivity contribution in [2.24, 2.45) is 0 Å². The Morgan fingerprint density at radius 1 is 1.33 bits per heavy atom. The summed E-state index contributed by atoms with van der Waals surface area (Å²) in [5.74, 6) is -4.21. The summed E-state index contributed by atoms with van der Waals surface area (Å²) < 4.78 is 33.5. The molecule has 0 saturated carbocycles. The fourth-order valence-electron chi connectivity index (χ4n) is 3.56. The second-order valence-electron chi connectivity index (χ2n) is 6.97. The molecule has 2 amide bonds. The summed E-state index contributed by atoms with van der Waals surface area (Å²) >= 11 is 0. The van der Waals surface area contributed by atoms with Crippen molar-refractivity contribution in [2.45, 2.75) is 32.3 Å². The number of carbonyl (C=O) groups excluding carboxylic acids is 2. The van der Waals surface area contributed by atoms with Crippen LogP contribution < -0.4 is 45.4 Å². The average Bonchev–Trinajstić information content (AvgIpc) is 3.04. The van der Waals surface area contributed by atoms with E-state index < -0.39 is 46.4 Å². The number of carbonyl (C=O) groups is 2. The molecule has 4 rings (SSSR count). The van der Waals surface area contributed by atoms with Gasteiger partial charge in [0.1, 0.15) is 22.9 Å². The molecule has 11 heteroatoms. The van der Waals surface area contributed by atoms with E-state index >= 15 is 0 Å². The largest absolute Gasteiger partial charge is 1.00 e. The molecule has 2 aliphatic rings. The molecule has 30 heavy (non-hydrogen) atoms. The van der Waals surface area contributed by atoms with E-state index in [1.165, 1.54) is 9.47 Å². The SMILES string of the molecule is CC1COC2Cn3cc(C(=O)NCc4ccc(F)cc4F)c(=O)c([O-])c3C(=O)N12.[Na+]. The summed E-state index contributed by atoms with van der Waals surface area (Å²) in [6.07, 6.45) is 0.549. The van der Waals surface area contributed by atoms with Gasteiger partial charge >= 0.3 is 29.6 Å². The number of hydrogen-bond acceptors (Lipinski definition) is 5. The molecule has 2 atom stereocenters. The van der Waals surface area contributed by atoms with Crippen molar-refractivity contribution in [3.63, 3.8) is 0 Å². The van der Waals surface area contributed by atoms with Gasteiger partial charge in [-0.2, -0.15) is 0 Å². The van der Waals surface area contributed by atoms with Gasteiger partial charge in [-0.15, -0.1) is 0 Å². The molecule has 0 bridgehead atoms. The summed E-state index contributed by atoms with van der Waals surface area (Å²) in [6.45, 7) is 1.87. The molecule has 1 saturated heterocycles. The van der Waals surface area contributed by atoms with Crippen molar-refractivity contribution >= 4 is 11.8 Å². The number of fused-ring (bicyclic) bond motifs is 2. The van der Waals surface area contributed by atoms with E-state index in [0.717, 1.165) is 18.3 Å². The number of pyridine rings is 1. The van der Waals surface area contributed by atoms with E-state index in [0.29, 0.717) is 12.7 Å². The van der Waals surface area contributed by atoms with Gasteiger partial charge in [0, 0.05) is 24.4 Å². The van der Waals surface area contributed by atoms with Crippen LogP contribution in [-0.2, 0) is 17.8 Å². The van der Waals surface area contributed by atoms with Gasteiger partial charge in [0.15, 0.2) is 11.7 Å². The normalized spacial score (nSPS) is 19.7. The topological polar surface area (TPSA) is 104 Å². The Kier molecular flexibility index (Phi) is 6.32. The van der Waals surface area contributed by atoms with Gasteiger partial charge < -0.3 is 24.6 Å². The summed E-state index contributed by atoms with van der Waals surface area (Å²) in [4.78, 5) is 38.9. The zero-order chi connectivity index (χ0) is 20.9. The number of halogens is 2. The zero-order valence-corrected chi connectivity index (χ0v) is 18.3. The molecule has 1 N–H and O–H groups in total. The molecule has 2 unspecified atom stereocenters. The number of benzene rings is 1. The second-order valence-corrected chi connectivity index (χ2v) is 6.97. The molecular formula is C19H16F2N3NaO5. The minimum atomic E-state index is -1.12. The quantitative estimate of drug-likeness (QED) is 0.539. The predicted octanol–water partition coefficient (Wildman–Crippen LogP) is -2.67. The molecule has 3 heterocycles. The van der Waals surface area contributed by atoms with Gasteiger partial charge in [0.05, 0.1) is 19.2 Å². The van der Waals surface area contributed by atoms with Gasteiger partial charge in [-0.1, -0.05) is 6.07 Å². The standard InChI is InChI=1S/C19H17F2N3O5.Na/c1-9-8-29-14-7-23-6-12(16(25)17(26)15(23)19(28)24(9)14)18(27)22-5-10-2-3-11(20)4-13(10)21;/h2-4,6,9,14,26H,5,7-8H2,1H3,(H,22,27);/q;+1/p-1. The number of nitrogens with one attached hydrogen (secondary N) is 1. The van der Waals surface area contributed by atoms with Gasteiger partial charge in [-0.3, -0.25) is 14.4 Å². The van der Waals surface area contributed by atoms with Crippen molar-refractivity contribution in [2.75, 3.05) is 6.61 Å². The van der Waals surface area contributed by atoms with E-state index in [1.807, 2.05) is 0 Å². The third kappa shape index (κ3) is 3.76. The monoisotopic (exact) mass is 427 g/mol. The summed E-state index contributed by atoms with van der Waals surface area (Å²) in [5.41, 5.74) is -1.88. The molecule has 1 fully saturated rings. The summed E-state index contributed by atoms with van der Waals surface area (Å²) in [6, 6.07) is 2.64. The number of hydrogen-bond donors (Lipinski definition) is 1. The molecule has 152 valence electrons. The van der Waals surface area contributed by atoms with Crippen LogP contribution >= 0.6 is 0 Å². The smallest absolute Gasteiger partial charge is 0.868 e. The van der Waals surface area contributed by atoms with Crippen LogP contribution in [-0.4, -0.2) is 40.2 Å². The number of amides is 2. The zero-order valence-electron chi connectivity index (χ0n) is 16.3. The minimum absolute atomic E-state index is 0. The van der Waals surface area contributed by atoms with Crippen molar-refractivity contribution < 1.29 is 57.8 Å². The summed E-state index contributed by atoms with van der Waals surface area (Å²) in [5, 5.41) is 14.8. The number of ether oxygens (including phenoxy) is 1. The molecule has 0 aliphatic carbocycles. The first-order chi connectivity index (χ1) is 13.8. The van der Waals surface area contributed by atoms with Crippen molar-refractivity contribution in [1.29, 1.82) is 0 Å². The molecule has 2 aliphatic heterocycles. The van der Waals surface area contributed by atoms with Crippen LogP contribution in [0.25, 0.3) is 0 Å². The number of nitrogens with zero attached hydrogens (tertiary/aromatic N) is 2. The first-order valence-electron chi connectivity index (χ1n) is 8.88. The van der Waals surface area contributed by atoms with Crippen LogP contribution in [0.3, 0.4) is 0 Å². The Morgan fingerprint density at radius 3 is 2.77 bits per heavy atom. The Labute approximate surface area is 191 Å². The number of rotatable bonds is 3. The van der Waals surface area contributed by atoms with E-state index in [4.69, 9.17) is 4.74 Å². The van der Waals surface area contributed by atoms with Crippen LogP contribution in [0.2, 0.25) is 0 Å². The fraction of sp³-hybridized carbons (Fsp3) is 0.316. The van der Waals surface area contributed by atoms with Crippen LogP contribution in [0.4, 0.5) is 8.78 Å². The van der Waals surface area contributed by atoms with Crippen LogP contribution in [0.1, 0.15) is 33.3 Å². The minimum Gasteiger partial charge on any atom is -0.868 e. The average molecular weight is 427 g/mol. The maximum atomic E-state index is 13.7. The second kappa shape index (κ2) is 8.46. The Bertz CT molecular complexity index is 1090. The van der Waals surface area contributed by atoms with Gasteiger partial charge in [0.2, 0.25) is 0 Å². The van der Waals surface area contributed by atoms with E-state index in [9.17, 15) is 28.3 Å². The molecule has 0 radical (unpaired) electrons. The molecule has 1 aromatic heterocycles. The van der Waals surface area contributed by atoms with Gasteiger partial charge in [-0.25, -0.2) is 8.78 Å². The van der Waals surface area contributed by atoms with Crippen LogP contribution in [0.15, 0.2) is 29.2 Å². The molecule has 8 nitrogen and oxygen atoms in total. The maximum absolute atomic E-state index is 13.7. The third-order valence-corrected chi connectivity index (χ3v) is 5.04. The van der Waals surface area contributed by atoms with E-state index in [2.05, 4.69) is 5.32 Å². The van der Waals surface area contributed by atoms with Crippen molar-refractivity contribution in [3.8, 4) is 5.75 Å².